The monoisotopic (exact) mass is 606 g/mol. The van der Waals surface area contributed by atoms with E-state index in [0.29, 0.717) is 11.4 Å². The van der Waals surface area contributed by atoms with Crippen molar-refractivity contribution in [3.8, 4) is 11.4 Å². The van der Waals surface area contributed by atoms with Gasteiger partial charge in [-0.25, -0.2) is 18.1 Å². The molecule has 0 aromatic carbocycles. The van der Waals surface area contributed by atoms with Gasteiger partial charge in [0.1, 0.15) is 11.6 Å². The third-order valence-electron chi connectivity index (χ3n) is 6.19. The molecule has 188 valence electrons. The van der Waals surface area contributed by atoms with Crippen molar-refractivity contribution in [2.75, 3.05) is 0 Å². The van der Waals surface area contributed by atoms with Gasteiger partial charge in [-0.2, -0.15) is 10.2 Å². The molecule has 0 saturated carbocycles. The molecule has 1 saturated heterocycles. The molecule has 1 fully saturated rings. The van der Waals surface area contributed by atoms with Crippen molar-refractivity contribution in [3.63, 3.8) is 0 Å². The topological polar surface area (TPSA) is 79.9 Å². The lowest BCUT2D eigenvalue weighted by Crippen LogP contribution is -2.41. The minimum Gasteiger partial charge on any atom is -0.399 e. The van der Waals surface area contributed by atoms with E-state index in [1.54, 1.807) is 28.0 Å². The Morgan fingerprint density at radius 1 is 0.778 bits per heavy atom. The van der Waals surface area contributed by atoms with Crippen molar-refractivity contribution in [1.29, 1.82) is 0 Å². The Bertz CT molecular complexity index is 1360. The van der Waals surface area contributed by atoms with E-state index >= 15 is 0 Å². The van der Waals surface area contributed by atoms with E-state index in [1.165, 1.54) is 18.3 Å². The Hall–Kier alpha value is -2.71. The van der Waals surface area contributed by atoms with E-state index in [-0.39, 0.29) is 5.82 Å². The summed E-state index contributed by atoms with van der Waals surface area (Å²) in [5.74, 6) is -0.756. The molecule has 4 aromatic rings. The van der Waals surface area contributed by atoms with E-state index in [0.717, 1.165) is 26.6 Å². The van der Waals surface area contributed by atoms with Crippen molar-refractivity contribution in [2.45, 2.75) is 52.7 Å². The Labute approximate surface area is 222 Å². The van der Waals surface area contributed by atoms with Crippen molar-refractivity contribution in [3.05, 3.63) is 75.9 Å². The highest BCUT2D eigenvalue weighted by Gasteiger charge is 2.52. The van der Waals surface area contributed by atoms with Crippen LogP contribution >= 0.6 is 22.6 Å². The molecule has 0 amide bonds. The van der Waals surface area contributed by atoms with Crippen molar-refractivity contribution < 1.29 is 18.1 Å². The quantitative estimate of drug-likeness (QED) is 0.255. The molecule has 0 aliphatic carbocycles. The van der Waals surface area contributed by atoms with Gasteiger partial charge >= 0.3 is 7.12 Å². The smallest absolute Gasteiger partial charge is 0.399 e. The summed E-state index contributed by atoms with van der Waals surface area (Å²) >= 11 is 2.18. The van der Waals surface area contributed by atoms with Crippen LogP contribution in [0.2, 0.25) is 0 Å². The summed E-state index contributed by atoms with van der Waals surface area (Å²) in [5, 5.41) is 8.64. The lowest BCUT2D eigenvalue weighted by Gasteiger charge is -2.32. The first-order valence-corrected chi connectivity index (χ1v) is 12.3. The lowest BCUT2D eigenvalue weighted by molar-refractivity contribution is 0.00578. The van der Waals surface area contributed by atoms with Gasteiger partial charge in [0.2, 0.25) is 0 Å². The fourth-order valence-electron chi connectivity index (χ4n) is 3.43. The largest absolute Gasteiger partial charge is 0.498 e. The van der Waals surface area contributed by atoms with E-state index in [2.05, 4.69) is 42.8 Å². The highest BCUT2D eigenvalue weighted by molar-refractivity contribution is 14.1. The summed E-state index contributed by atoms with van der Waals surface area (Å²) in [6.07, 6.45) is 9.11. The Morgan fingerprint density at radius 3 is 1.69 bits per heavy atom. The first kappa shape index (κ1) is 26.4. The van der Waals surface area contributed by atoms with Crippen LogP contribution in [0.5, 0.6) is 0 Å². The number of rotatable bonds is 3. The maximum atomic E-state index is 13.3. The molecule has 0 unspecified atom stereocenters. The predicted octanol–water partition coefficient (Wildman–Crippen LogP) is 4.33. The second-order valence-electron chi connectivity index (χ2n) is 9.43. The van der Waals surface area contributed by atoms with E-state index in [1.807, 2.05) is 47.7 Å². The molecule has 0 atom stereocenters. The van der Waals surface area contributed by atoms with E-state index < -0.39 is 24.1 Å². The van der Waals surface area contributed by atoms with Crippen LogP contribution in [0.1, 0.15) is 39.1 Å². The van der Waals surface area contributed by atoms with Crippen LogP contribution in [0.25, 0.3) is 11.4 Å². The van der Waals surface area contributed by atoms with Crippen LogP contribution in [0.4, 0.5) is 8.78 Å². The summed E-state index contributed by atoms with van der Waals surface area (Å²) in [5.41, 5.74) is 2.92. The zero-order valence-corrected chi connectivity index (χ0v) is 23.0. The average Bonchev–Trinajstić information content (AvgIpc) is 3.41. The maximum absolute atomic E-state index is 13.3. The minimum absolute atomic E-state index is 0.356. The van der Waals surface area contributed by atoms with Gasteiger partial charge in [0.25, 0.3) is 0 Å². The van der Waals surface area contributed by atoms with Crippen molar-refractivity contribution in [1.82, 2.24) is 29.5 Å². The van der Waals surface area contributed by atoms with Crippen LogP contribution in [-0.4, -0.2) is 47.8 Å². The molecular formula is C24H26BF2IN6O2. The molecule has 5 rings (SSSR count). The summed E-state index contributed by atoms with van der Waals surface area (Å²) in [7, 11) is -0.486. The second kappa shape index (κ2) is 9.98. The standard InChI is InChI=1S/C15H19BFN3O2.C9H7FIN3/c1-10-13(16-21-14(2,3)15(4,5)22-16)9-20(19-10)12-6-11(17)7-18-8-12;1-6-9(11)5-14(13-6)8-2-7(10)3-12-4-8/h6-9H,1-5H3;2-5H,1H3. The molecule has 4 aromatic heterocycles. The second-order valence-corrected chi connectivity index (χ2v) is 10.6. The van der Waals surface area contributed by atoms with Gasteiger partial charge in [0.05, 0.1) is 62.3 Å². The third kappa shape index (κ3) is 5.50. The van der Waals surface area contributed by atoms with Crippen LogP contribution in [0.3, 0.4) is 0 Å². The number of halogens is 3. The average molecular weight is 606 g/mol. The lowest BCUT2D eigenvalue weighted by atomic mass is 9.79. The number of pyridine rings is 2. The first-order chi connectivity index (χ1) is 16.9. The first-order valence-electron chi connectivity index (χ1n) is 11.2. The maximum Gasteiger partial charge on any atom is 0.498 e. The predicted molar refractivity (Wildman–Crippen MR) is 141 cm³/mol. The van der Waals surface area contributed by atoms with E-state index in [4.69, 9.17) is 9.31 Å². The molecule has 0 radical (unpaired) electrons. The summed E-state index contributed by atoms with van der Waals surface area (Å²) in [4.78, 5) is 7.61. The van der Waals surface area contributed by atoms with Crippen LogP contribution in [-0.2, 0) is 9.31 Å². The molecule has 1 aliphatic rings. The van der Waals surface area contributed by atoms with Gasteiger partial charge in [-0.1, -0.05) is 0 Å². The molecule has 12 heteroatoms. The fraction of sp³-hybridized carbons (Fsp3) is 0.333. The number of aryl methyl sites for hydroxylation is 2. The van der Waals surface area contributed by atoms with E-state index in [9.17, 15) is 8.78 Å². The molecule has 0 N–H and O–H groups in total. The normalized spacial score (nSPS) is 16.1. The van der Waals surface area contributed by atoms with Crippen molar-refractivity contribution in [2.24, 2.45) is 0 Å². The molecular weight excluding hydrogens is 580 g/mol. The zero-order valence-electron chi connectivity index (χ0n) is 20.8. The Balaban J connectivity index is 0.000000187. The van der Waals surface area contributed by atoms with Gasteiger partial charge in [-0.3, -0.25) is 9.97 Å². The molecule has 8 nitrogen and oxygen atoms in total. The van der Waals surface area contributed by atoms with Gasteiger partial charge in [0, 0.05) is 30.0 Å². The number of nitrogens with zero attached hydrogens (tertiary/aromatic N) is 6. The van der Waals surface area contributed by atoms with Gasteiger partial charge < -0.3 is 9.31 Å². The molecule has 36 heavy (non-hydrogen) atoms. The van der Waals surface area contributed by atoms with Crippen LogP contribution < -0.4 is 5.46 Å². The highest BCUT2D eigenvalue weighted by atomic mass is 127. The fourth-order valence-corrected chi connectivity index (χ4v) is 3.80. The SMILES string of the molecule is Cc1nn(-c2cncc(F)c2)cc1B1OC(C)(C)C(C)(C)O1.Cc1nn(-c2cncc(F)c2)cc1I. The third-order valence-corrected chi connectivity index (χ3v) is 7.25. The Kier molecular flexibility index (Phi) is 7.31. The van der Waals surface area contributed by atoms with Crippen LogP contribution in [0, 0.1) is 29.1 Å². The molecule has 5 heterocycles. The number of hydrogen-bond acceptors (Lipinski definition) is 6. The van der Waals surface area contributed by atoms with Gasteiger partial charge in [-0.05, 0) is 64.1 Å². The molecule has 0 bridgehead atoms. The molecule has 1 aliphatic heterocycles. The summed E-state index contributed by atoms with van der Waals surface area (Å²) in [6.45, 7) is 11.8. The van der Waals surface area contributed by atoms with Gasteiger partial charge in [-0.15, -0.1) is 0 Å². The minimum atomic E-state index is -0.486. The summed E-state index contributed by atoms with van der Waals surface area (Å²) < 4.78 is 42.5. The number of hydrogen-bond donors (Lipinski definition) is 0. The summed E-state index contributed by atoms with van der Waals surface area (Å²) in [6, 6.07) is 2.78. The molecule has 0 spiro atoms. The zero-order chi connectivity index (χ0) is 26.3. The van der Waals surface area contributed by atoms with Crippen molar-refractivity contribution >= 4 is 35.2 Å². The van der Waals surface area contributed by atoms with Gasteiger partial charge in [0.15, 0.2) is 0 Å². The Morgan fingerprint density at radius 2 is 1.25 bits per heavy atom. The highest BCUT2D eigenvalue weighted by Crippen LogP contribution is 2.36. The van der Waals surface area contributed by atoms with Crippen LogP contribution in [0.15, 0.2) is 49.3 Å². The number of aromatic nitrogens is 6.